The van der Waals surface area contributed by atoms with Gasteiger partial charge in [-0.25, -0.2) is 13.8 Å². The highest BCUT2D eigenvalue weighted by molar-refractivity contribution is 5.96. The van der Waals surface area contributed by atoms with E-state index in [0.717, 1.165) is 11.8 Å². The molecule has 1 aromatic carbocycles. The van der Waals surface area contributed by atoms with Crippen molar-refractivity contribution in [1.29, 1.82) is 0 Å². The number of nitrogens with zero attached hydrogens (tertiary/aromatic N) is 2. The van der Waals surface area contributed by atoms with Crippen LogP contribution in [0.5, 0.6) is 0 Å². The van der Waals surface area contributed by atoms with E-state index in [1.54, 1.807) is 12.1 Å². The quantitative estimate of drug-likeness (QED) is 0.863. The van der Waals surface area contributed by atoms with E-state index in [9.17, 15) is 13.6 Å². The Labute approximate surface area is 143 Å². The number of aromatic nitrogens is 1. The van der Waals surface area contributed by atoms with E-state index in [0.29, 0.717) is 30.7 Å². The first-order valence-corrected chi connectivity index (χ1v) is 7.73. The topological polar surface area (TPSA) is 77.6 Å². The summed E-state index contributed by atoms with van der Waals surface area (Å²) < 4.78 is 32.1. The molecule has 0 radical (unpaired) electrons. The maximum Gasteiger partial charge on any atom is 0.188 e. The zero-order chi connectivity index (χ0) is 18.0. The van der Waals surface area contributed by atoms with E-state index in [4.69, 9.17) is 10.5 Å². The number of amidine groups is 1. The van der Waals surface area contributed by atoms with Crippen LogP contribution in [0.3, 0.4) is 0 Å². The van der Waals surface area contributed by atoms with Crippen LogP contribution in [0.25, 0.3) is 0 Å². The molecule has 1 unspecified atom stereocenters. The zero-order valence-corrected chi connectivity index (χ0v) is 13.6. The summed E-state index contributed by atoms with van der Waals surface area (Å²) >= 11 is 0. The smallest absolute Gasteiger partial charge is 0.188 e. The summed E-state index contributed by atoms with van der Waals surface area (Å²) in [4.78, 5) is 20.3. The van der Waals surface area contributed by atoms with Crippen molar-refractivity contribution in [3.8, 4) is 0 Å². The molecule has 130 valence electrons. The monoisotopic (exact) mass is 345 g/mol. The fourth-order valence-corrected chi connectivity index (χ4v) is 2.79. The van der Waals surface area contributed by atoms with Crippen molar-refractivity contribution in [2.24, 2.45) is 10.7 Å². The molecule has 1 aliphatic rings. The molecule has 1 aromatic heterocycles. The molecule has 1 aliphatic heterocycles. The fraction of sp³-hybridized carbons (Fsp3) is 0.278. The zero-order valence-electron chi connectivity index (χ0n) is 13.6. The van der Waals surface area contributed by atoms with Crippen LogP contribution in [0.4, 0.5) is 8.78 Å². The Morgan fingerprint density at radius 2 is 2.16 bits per heavy atom. The van der Waals surface area contributed by atoms with Gasteiger partial charge in [-0.3, -0.25) is 9.79 Å². The normalized spacial score (nSPS) is 20.2. The average Bonchev–Trinajstić information content (AvgIpc) is 2.54. The van der Waals surface area contributed by atoms with Crippen molar-refractivity contribution >= 4 is 11.6 Å². The predicted molar refractivity (Wildman–Crippen MR) is 88.4 cm³/mol. The molecule has 0 saturated carbocycles. The van der Waals surface area contributed by atoms with Crippen LogP contribution in [-0.4, -0.2) is 29.8 Å². The number of rotatable bonds is 4. The lowest BCUT2D eigenvalue weighted by molar-refractivity contribution is 0.0983. The molecular weight excluding hydrogens is 328 g/mol. The van der Waals surface area contributed by atoms with Gasteiger partial charge in [-0.1, -0.05) is 24.3 Å². The van der Waals surface area contributed by atoms with Gasteiger partial charge >= 0.3 is 0 Å². The number of carbonyl (C=O) groups is 1. The van der Waals surface area contributed by atoms with Gasteiger partial charge in [0.1, 0.15) is 29.5 Å². The third kappa shape index (κ3) is 3.71. The molecule has 25 heavy (non-hydrogen) atoms. The second-order valence-corrected chi connectivity index (χ2v) is 6.15. The lowest BCUT2D eigenvalue weighted by Crippen LogP contribution is -2.37. The van der Waals surface area contributed by atoms with Crippen LogP contribution < -0.4 is 5.73 Å². The van der Waals surface area contributed by atoms with E-state index in [1.807, 2.05) is 19.1 Å². The molecule has 0 saturated heterocycles. The SMILES string of the molecule is CC1(c2cccc(CC(=O)c3ncc(F)cc3F)c2)COCC(N)=N1. The summed E-state index contributed by atoms with van der Waals surface area (Å²) in [5.41, 5.74) is 6.27. The minimum absolute atomic E-state index is 0.0560. The van der Waals surface area contributed by atoms with Gasteiger partial charge in [0.25, 0.3) is 0 Å². The molecule has 0 spiro atoms. The Balaban J connectivity index is 1.85. The number of pyridine rings is 1. The molecule has 2 N–H and O–H groups in total. The highest BCUT2D eigenvalue weighted by atomic mass is 19.1. The standard InChI is InChI=1S/C18H17F2N3O2/c1-18(10-25-9-16(21)23-18)12-4-2-3-11(5-12)6-15(24)17-14(20)7-13(19)8-22-17/h2-5,7-8H,6,9-10H2,1H3,(H2,21,23). The van der Waals surface area contributed by atoms with E-state index in [-0.39, 0.29) is 12.1 Å². The first kappa shape index (κ1) is 17.2. The number of carbonyl (C=O) groups excluding carboxylic acids is 1. The van der Waals surface area contributed by atoms with Gasteiger partial charge in [-0.2, -0.15) is 0 Å². The number of halogens is 2. The van der Waals surface area contributed by atoms with Crippen molar-refractivity contribution in [2.75, 3.05) is 13.2 Å². The largest absolute Gasteiger partial charge is 0.386 e. The molecule has 2 aromatic rings. The summed E-state index contributed by atoms with van der Waals surface area (Å²) in [7, 11) is 0. The lowest BCUT2D eigenvalue weighted by atomic mass is 9.90. The molecule has 0 fully saturated rings. The molecule has 7 heteroatoms. The lowest BCUT2D eigenvalue weighted by Gasteiger charge is -2.30. The Kier molecular flexibility index (Phi) is 4.59. The van der Waals surface area contributed by atoms with Gasteiger partial charge < -0.3 is 10.5 Å². The summed E-state index contributed by atoms with van der Waals surface area (Å²) in [6, 6.07) is 7.87. The summed E-state index contributed by atoms with van der Waals surface area (Å²) in [6.07, 6.45) is 0.768. The third-order valence-corrected chi connectivity index (χ3v) is 4.01. The van der Waals surface area contributed by atoms with Gasteiger partial charge in [-0.05, 0) is 18.1 Å². The number of ketones is 1. The van der Waals surface area contributed by atoms with Crippen molar-refractivity contribution in [3.05, 3.63) is 65.0 Å². The molecule has 1 atom stereocenters. The average molecular weight is 345 g/mol. The predicted octanol–water partition coefficient (Wildman–Crippen LogP) is 2.39. The van der Waals surface area contributed by atoms with Crippen molar-refractivity contribution in [2.45, 2.75) is 18.9 Å². The minimum atomic E-state index is -0.967. The number of nitrogens with two attached hydrogens (primary N) is 1. The van der Waals surface area contributed by atoms with Crippen LogP contribution in [-0.2, 0) is 16.7 Å². The fourth-order valence-electron chi connectivity index (χ4n) is 2.79. The van der Waals surface area contributed by atoms with Crippen LogP contribution in [0.15, 0.2) is 41.5 Å². The van der Waals surface area contributed by atoms with Crippen LogP contribution in [0, 0.1) is 11.6 Å². The second kappa shape index (κ2) is 6.68. The molecule has 0 amide bonds. The van der Waals surface area contributed by atoms with Gasteiger partial charge in [-0.15, -0.1) is 0 Å². The molecule has 0 aliphatic carbocycles. The minimum Gasteiger partial charge on any atom is -0.386 e. The van der Waals surface area contributed by atoms with Crippen molar-refractivity contribution in [3.63, 3.8) is 0 Å². The van der Waals surface area contributed by atoms with E-state index in [2.05, 4.69) is 9.98 Å². The highest BCUT2D eigenvalue weighted by Crippen LogP contribution is 2.29. The summed E-state index contributed by atoms with van der Waals surface area (Å²) in [6.45, 7) is 2.56. The van der Waals surface area contributed by atoms with Crippen molar-refractivity contribution < 1.29 is 18.3 Å². The van der Waals surface area contributed by atoms with E-state index in [1.165, 1.54) is 0 Å². The third-order valence-electron chi connectivity index (χ3n) is 4.01. The summed E-state index contributed by atoms with van der Waals surface area (Å²) in [5, 5.41) is 0. The highest BCUT2D eigenvalue weighted by Gasteiger charge is 2.30. The maximum atomic E-state index is 13.7. The van der Waals surface area contributed by atoms with E-state index < -0.39 is 23.0 Å². The molecule has 5 nitrogen and oxygen atoms in total. The number of hydrogen-bond acceptors (Lipinski definition) is 5. The van der Waals surface area contributed by atoms with Gasteiger partial charge in [0.15, 0.2) is 11.6 Å². The van der Waals surface area contributed by atoms with Gasteiger partial charge in [0.05, 0.1) is 12.8 Å². The Morgan fingerprint density at radius 3 is 2.88 bits per heavy atom. The first-order valence-electron chi connectivity index (χ1n) is 7.73. The van der Waals surface area contributed by atoms with Gasteiger partial charge in [0, 0.05) is 12.5 Å². The van der Waals surface area contributed by atoms with Crippen molar-refractivity contribution in [1.82, 2.24) is 4.98 Å². The molecule has 2 heterocycles. The molecule has 0 bridgehead atoms. The maximum absolute atomic E-state index is 13.7. The second-order valence-electron chi connectivity index (χ2n) is 6.15. The van der Waals surface area contributed by atoms with Gasteiger partial charge in [0.2, 0.25) is 0 Å². The number of aliphatic imine (C=N–C) groups is 1. The Morgan fingerprint density at radius 1 is 1.36 bits per heavy atom. The Bertz CT molecular complexity index is 854. The first-order chi connectivity index (χ1) is 11.9. The Hall–Kier alpha value is -2.67. The summed E-state index contributed by atoms with van der Waals surface area (Å²) in [5.74, 6) is -1.90. The van der Waals surface area contributed by atoms with Crippen LogP contribution in [0.1, 0.15) is 28.5 Å². The van der Waals surface area contributed by atoms with Crippen LogP contribution in [0.2, 0.25) is 0 Å². The molecule has 3 rings (SSSR count). The molecular formula is C18H17F2N3O2. The van der Waals surface area contributed by atoms with E-state index >= 15 is 0 Å². The number of hydrogen-bond donors (Lipinski definition) is 1. The number of ether oxygens (including phenoxy) is 1. The van der Waals surface area contributed by atoms with Crippen LogP contribution >= 0.6 is 0 Å². The number of Topliss-reactive ketones (excluding diaryl/α,β-unsaturated/α-hetero) is 1. The number of benzene rings is 1.